The molecule has 1 spiro atoms. The van der Waals surface area contributed by atoms with Crippen LogP contribution in [-0.2, 0) is 29.7 Å². The van der Waals surface area contributed by atoms with Crippen LogP contribution >= 0.6 is 23.2 Å². The van der Waals surface area contributed by atoms with Crippen molar-refractivity contribution in [1.82, 2.24) is 34.7 Å². The van der Waals surface area contributed by atoms with Gasteiger partial charge in [-0.3, -0.25) is 19.1 Å². The zero-order valence-corrected chi connectivity index (χ0v) is 29.4. The van der Waals surface area contributed by atoms with Crippen molar-refractivity contribution in [2.24, 2.45) is 12.5 Å². The van der Waals surface area contributed by atoms with E-state index in [-0.39, 0.29) is 22.9 Å². The van der Waals surface area contributed by atoms with E-state index >= 15 is 0 Å². The van der Waals surface area contributed by atoms with E-state index < -0.39 is 0 Å². The second-order valence-corrected chi connectivity index (χ2v) is 14.4. The van der Waals surface area contributed by atoms with Gasteiger partial charge in [0.25, 0.3) is 5.56 Å². The van der Waals surface area contributed by atoms with E-state index in [2.05, 4.69) is 15.5 Å². The molecule has 50 heavy (non-hydrogen) atoms. The number of amides is 1. The maximum absolute atomic E-state index is 13.4. The maximum atomic E-state index is 13.4. The van der Waals surface area contributed by atoms with Crippen molar-refractivity contribution in [2.45, 2.75) is 32.0 Å². The Bertz CT molecular complexity index is 2190. The number of rotatable bonds is 10. The Hall–Kier alpha value is -4.26. The number of benzene rings is 2. The fourth-order valence-corrected chi connectivity index (χ4v) is 7.95. The lowest BCUT2D eigenvalue weighted by molar-refractivity contribution is -0.191. The monoisotopic (exact) mass is 713 g/mol. The molecule has 5 aromatic rings. The molecular formula is C37H37Cl2N7O4. The first-order valence-electron chi connectivity index (χ1n) is 16.7. The van der Waals surface area contributed by atoms with Crippen molar-refractivity contribution in [3.8, 4) is 39.4 Å². The first kappa shape index (κ1) is 32.9. The van der Waals surface area contributed by atoms with Gasteiger partial charge >= 0.3 is 0 Å². The van der Waals surface area contributed by atoms with Crippen LogP contribution in [0.4, 0.5) is 0 Å². The molecule has 11 nitrogen and oxygen atoms in total. The topological polar surface area (TPSA) is 115 Å². The van der Waals surface area contributed by atoms with Crippen LogP contribution in [-0.4, -0.2) is 76.0 Å². The Kier molecular flexibility index (Phi) is 8.64. The highest BCUT2D eigenvalue weighted by Crippen LogP contribution is 2.43. The zero-order valence-electron chi connectivity index (χ0n) is 27.8. The molecule has 3 saturated heterocycles. The molecule has 0 aliphatic carbocycles. The van der Waals surface area contributed by atoms with Crippen LogP contribution in [0.1, 0.15) is 24.2 Å². The highest BCUT2D eigenvalue weighted by molar-refractivity contribution is 6.39. The Morgan fingerprint density at radius 3 is 2.42 bits per heavy atom. The predicted molar refractivity (Wildman–Crippen MR) is 193 cm³/mol. The molecule has 8 rings (SSSR count). The van der Waals surface area contributed by atoms with Crippen LogP contribution in [0.3, 0.4) is 0 Å². The van der Waals surface area contributed by atoms with E-state index in [4.69, 9.17) is 42.8 Å². The number of hydrogen-bond acceptors (Lipinski definition) is 8. The minimum Gasteiger partial charge on any atom is -0.481 e. The van der Waals surface area contributed by atoms with Crippen LogP contribution < -0.4 is 20.9 Å². The number of pyridine rings is 1. The number of likely N-dealkylation sites (tertiary alicyclic amines) is 1. The van der Waals surface area contributed by atoms with E-state index in [1.807, 2.05) is 60.8 Å². The van der Waals surface area contributed by atoms with E-state index in [0.717, 1.165) is 66.1 Å². The molecule has 1 amide bonds. The van der Waals surface area contributed by atoms with Gasteiger partial charge in [-0.05, 0) is 18.6 Å². The van der Waals surface area contributed by atoms with Crippen LogP contribution in [0, 0.1) is 5.41 Å². The highest BCUT2D eigenvalue weighted by Gasteiger charge is 2.49. The summed E-state index contributed by atoms with van der Waals surface area (Å²) in [6.45, 7) is 5.36. The number of halogens is 2. The maximum Gasteiger partial charge on any atom is 0.277 e. The molecule has 3 aliphatic rings. The first-order chi connectivity index (χ1) is 24.2. The second-order valence-electron chi connectivity index (χ2n) is 13.6. The minimum absolute atomic E-state index is 0.0973. The lowest BCUT2D eigenvalue weighted by Gasteiger charge is -2.55. The fraction of sp³-hybridized carbons (Fsp3) is 0.351. The smallest absolute Gasteiger partial charge is 0.277 e. The fourth-order valence-electron chi connectivity index (χ4n) is 7.29. The zero-order chi connectivity index (χ0) is 34.6. The highest BCUT2D eigenvalue weighted by atomic mass is 35.5. The van der Waals surface area contributed by atoms with Gasteiger partial charge in [0.15, 0.2) is 0 Å². The molecule has 3 fully saturated rings. The van der Waals surface area contributed by atoms with Gasteiger partial charge in [0.05, 0.1) is 42.6 Å². The van der Waals surface area contributed by atoms with Gasteiger partial charge in [-0.15, -0.1) is 0 Å². The number of carbonyl (C=O) groups excluding carboxylic acids is 1. The summed E-state index contributed by atoms with van der Waals surface area (Å²) in [7, 11) is 3.37. The molecule has 2 N–H and O–H groups in total. The van der Waals surface area contributed by atoms with Gasteiger partial charge < -0.3 is 20.1 Å². The van der Waals surface area contributed by atoms with E-state index in [1.54, 1.807) is 23.2 Å². The van der Waals surface area contributed by atoms with Crippen molar-refractivity contribution >= 4 is 34.6 Å². The number of carbonyl (C=O) groups is 1. The Morgan fingerprint density at radius 2 is 1.74 bits per heavy atom. The second kappa shape index (κ2) is 13.1. The van der Waals surface area contributed by atoms with Crippen molar-refractivity contribution in [2.75, 3.05) is 40.0 Å². The van der Waals surface area contributed by atoms with Crippen LogP contribution in [0.25, 0.3) is 39.0 Å². The lowest BCUT2D eigenvalue weighted by Crippen LogP contribution is -2.65. The summed E-state index contributed by atoms with van der Waals surface area (Å²) >= 11 is 14.2. The Morgan fingerprint density at radius 1 is 1.02 bits per heavy atom. The average Bonchev–Trinajstić information content (AvgIpc) is 3.70. The SMILES string of the molecule is COc1nc(-c2cccc(-c3cccc(-c4cc5c(=O)n(C)c(CN6CC7(COC7)C6)nn5c4)c3Cl)c2Cl)ccc1CNC[C@H]1CCC(=O)N1. The van der Waals surface area contributed by atoms with Crippen LogP contribution in [0.15, 0.2) is 65.6 Å². The third kappa shape index (κ3) is 5.96. The summed E-state index contributed by atoms with van der Waals surface area (Å²) in [5, 5.41) is 12.2. The number of methoxy groups -OCH3 is 1. The third-order valence-electron chi connectivity index (χ3n) is 10.0. The predicted octanol–water partition coefficient (Wildman–Crippen LogP) is 4.94. The molecular weight excluding hydrogens is 677 g/mol. The van der Waals surface area contributed by atoms with E-state index in [9.17, 15) is 9.59 Å². The summed E-state index contributed by atoms with van der Waals surface area (Å²) in [4.78, 5) is 32.1. The third-order valence-corrected chi connectivity index (χ3v) is 10.8. The number of nitrogens with one attached hydrogen (secondary N) is 2. The molecule has 258 valence electrons. The van der Waals surface area contributed by atoms with Crippen LogP contribution in [0.5, 0.6) is 5.88 Å². The summed E-state index contributed by atoms with van der Waals surface area (Å²) in [5.41, 5.74) is 6.02. The van der Waals surface area contributed by atoms with Crippen LogP contribution in [0.2, 0.25) is 10.0 Å². The van der Waals surface area contributed by atoms with Gasteiger partial charge in [-0.1, -0.05) is 65.7 Å². The lowest BCUT2D eigenvalue weighted by atomic mass is 9.78. The molecule has 0 bridgehead atoms. The van der Waals surface area contributed by atoms with Gasteiger partial charge in [-0.25, -0.2) is 9.50 Å². The largest absolute Gasteiger partial charge is 0.481 e. The van der Waals surface area contributed by atoms with Crippen molar-refractivity contribution in [3.63, 3.8) is 0 Å². The standard InChI is InChI=1S/C37H37Cl2N7O4/c1-44-31(17-45-18-37(19-45)20-50-21-37)43-46-16-23(13-30(46)36(44)48)25-5-3-6-26(33(25)38)27-7-4-8-28(34(27)39)29-11-9-22(35(42-29)49-2)14-40-15-24-10-12-32(47)41-24/h3-9,11,13,16,24,40H,10,12,14-15,17-21H2,1-2H3,(H,41,47)/t24-/m1/s1. The number of aromatic nitrogens is 4. The Labute approximate surface area is 299 Å². The van der Waals surface area contributed by atoms with Gasteiger partial charge in [0.1, 0.15) is 11.3 Å². The molecule has 1 atom stereocenters. The molecule has 13 heteroatoms. The summed E-state index contributed by atoms with van der Waals surface area (Å²) < 4.78 is 14.4. The number of ether oxygens (including phenoxy) is 2. The van der Waals surface area contributed by atoms with Gasteiger partial charge in [0, 0.05) is 90.7 Å². The van der Waals surface area contributed by atoms with Crippen molar-refractivity contribution in [3.05, 3.63) is 92.6 Å². The molecule has 0 unspecified atom stereocenters. The molecule has 0 saturated carbocycles. The average molecular weight is 715 g/mol. The van der Waals surface area contributed by atoms with Crippen molar-refractivity contribution < 1.29 is 14.3 Å². The summed E-state index contributed by atoms with van der Waals surface area (Å²) in [6, 6.07) is 17.5. The quantitative estimate of drug-likeness (QED) is 0.209. The number of fused-ring (bicyclic) bond motifs is 1. The number of nitrogens with zero attached hydrogens (tertiary/aromatic N) is 5. The van der Waals surface area contributed by atoms with E-state index in [0.29, 0.717) is 59.0 Å². The molecule has 3 aliphatic heterocycles. The van der Waals surface area contributed by atoms with Crippen molar-refractivity contribution in [1.29, 1.82) is 0 Å². The Balaban J connectivity index is 1.05. The van der Waals surface area contributed by atoms with Gasteiger partial charge in [-0.2, -0.15) is 5.10 Å². The normalized spacial score (nSPS) is 18.3. The molecule has 0 radical (unpaired) electrons. The summed E-state index contributed by atoms with van der Waals surface area (Å²) in [6.07, 6.45) is 3.26. The first-order valence-corrected chi connectivity index (χ1v) is 17.5. The van der Waals surface area contributed by atoms with E-state index in [1.165, 1.54) is 0 Å². The number of hydrogen-bond donors (Lipinski definition) is 2. The molecule has 6 heterocycles. The van der Waals surface area contributed by atoms with Gasteiger partial charge in [0.2, 0.25) is 11.8 Å². The molecule has 3 aromatic heterocycles. The molecule has 2 aromatic carbocycles. The minimum atomic E-state index is -0.112. The summed E-state index contributed by atoms with van der Waals surface area (Å²) in [5.74, 6) is 1.30.